The van der Waals surface area contributed by atoms with E-state index in [-0.39, 0.29) is 11.8 Å². The first kappa shape index (κ1) is 11.1. The molecule has 1 N–H and O–H groups in total. The van der Waals surface area contributed by atoms with Crippen molar-refractivity contribution in [2.75, 3.05) is 6.54 Å². The normalized spacial score (nSPS) is 25.4. The minimum absolute atomic E-state index is 0.0494. The van der Waals surface area contributed by atoms with Crippen LogP contribution in [0.2, 0.25) is 0 Å². The Morgan fingerprint density at radius 2 is 2.22 bits per heavy atom. The lowest BCUT2D eigenvalue weighted by atomic mass is 10.1. The van der Waals surface area contributed by atoms with Crippen molar-refractivity contribution in [3.8, 4) is 0 Å². The summed E-state index contributed by atoms with van der Waals surface area (Å²) in [5.41, 5.74) is 1.95. The van der Waals surface area contributed by atoms with Crippen LogP contribution < -0.4 is 0 Å². The highest BCUT2D eigenvalue weighted by molar-refractivity contribution is 5.89. The van der Waals surface area contributed by atoms with Crippen LogP contribution in [-0.4, -0.2) is 38.4 Å². The summed E-state index contributed by atoms with van der Waals surface area (Å²) in [6.45, 7) is 1.10. The molecule has 1 fully saturated rings. The van der Waals surface area contributed by atoms with Gasteiger partial charge in [-0.1, -0.05) is 0 Å². The van der Waals surface area contributed by atoms with E-state index in [2.05, 4.69) is 9.97 Å². The maximum atomic E-state index is 12.1. The van der Waals surface area contributed by atoms with Crippen LogP contribution in [0.1, 0.15) is 17.7 Å². The molecule has 1 saturated carbocycles. The van der Waals surface area contributed by atoms with Crippen LogP contribution in [-0.2, 0) is 22.6 Å². The molecule has 2 unspecified atom stereocenters. The van der Waals surface area contributed by atoms with E-state index in [1.165, 1.54) is 6.33 Å². The molecule has 1 amide bonds. The topological polar surface area (TPSA) is 83.4 Å². The fraction of sp³-hybridized carbons (Fsp3) is 0.500. The summed E-state index contributed by atoms with van der Waals surface area (Å²) < 4.78 is 0. The van der Waals surface area contributed by atoms with Gasteiger partial charge in [0.25, 0.3) is 0 Å². The van der Waals surface area contributed by atoms with Crippen LogP contribution >= 0.6 is 0 Å². The van der Waals surface area contributed by atoms with Gasteiger partial charge in [0, 0.05) is 12.7 Å². The van der Waals surface area contributed by atoms with E-state index in [0.717, 1.165) is 17.7 Å². The quantitative estimate of drug-likeness (QED) is 0.800. The second kappa shape index (κ2) is 4.04. The maximum absolute atomic E-state index is 12.1. The average molecular weight is 247 g/mol. The van der Waals surface area contributed by atoms with Crippen molar-refractivity contribution in [2.45, 2.75) is 19.4 Å². The summed E-state index contributed by atoms with van der Waals surface area (Å²) in [7, 11) is 0. The second-order valence-electron chi connectivity index (χ2n) is 4.79. The molecule has 3 rings (SSSR count). The van der Waals surface area contributed by atoms with E-state index in [0.29, 0.717) is 19.5 Å². The Hall–Kier alpha value is -1.98. The third-order valence-electron chi connectivity index (χ3n) is 3.61. The van der Waals surface area contributed by atoms with Crippen molar-refractivity contribution >= 4 is 11.9 Å². The van der Waals surface area contributed by atoms with Gasteiger partial charge in [-0.2, -0.15) is 0 Å². The first-order valence-corrected chi connectivity index (χ1v) is 5.96. The molecule has 0 radical (unpaired) electrons. The highest BCUT2D eigenvalue weighted by Gasteiger charge is 2.50. The summed E-state index contributed by atoms with van der Waals surface area (Å²) in [4.78, 5) is 32.7. The number of fused-ring (bicyclic) bond motifs is 1. The highest BCUT2D eigenvalue weighted by atomic mass is 16.4. The Labute approximate surface area is 104 Å². The third kappa shape index (κ3) is 1.83. The van der Waals surface area contributed by atoms with Crippen LogP contribution in [0, 0.1) is 11.8 Å². The molecule has 0 aromatic carbocycles. The van der Waals surface area contributed by atoms with E-state index in [9.17, 15) is 9.59 Å². The van der Waals surface area contributed by atoms with Gasteiger partial charge in [0.1, 0.15) is 6.33 Å². The lowest BCUT2D eigenvalue weighted by Crippen LogP contribution is -2.38. The Bertz CT molecular complexity index is 517. The number of carboxylic acid groups (broad SMARTS) is 1. The Balaban J connectivity index is 1.70. The van der Waals surface area contributed by atoms with Gasteiger partial charge in [-0.05, 0) is 18.4 Å². The molecule has 94 valence electrons. The third-order valence-corrected chi connectivity index (χ3v) is 3.61. The van der Waals surface area contributed by atoms with Gasteiger partial charge >= 0.3 is 5.97 Å². The minimum atomic E-state index is -0.868. The molecule has 2 heterocycles. The van der Waals surface area contributed by atoms with Crippen molar-refractivity contribution in [2.24, 2.45) is 11.8 Å². The predicted octanol–water partition coefficient (Wildman–Crippen LogP) is 0.0820. The number of aromatic nitrogens is 2. The number of hydrogen-bond acceptors (Lipinski definition) is 4. The monoisotopic (exact) mass is 247 g/mol. The smallest absolute Gasteiger partial charge is 0.307 e. The van der Waals surface area contributed by atoms with Gasteiger partial charge < -0.3 is 10.0 Å². The van der Waals surface area contributed by atoms with Crippen LogP contribution in [0.5, 0.6) is 0 Å². The fourth-order valence-corrected chi connectivity index (χ4v) is 2.41. The van der Waals surface area contributed by atoms with Crippen LogP contribution in [0.25, 0.3) is 0 Å². The molecule has 0 spiro atoms. The van der Waals surface area contributed by atoms with Gasteiger partial charge in [0.15, 0.2) is 0 Å². The molecule has 1 aliphatic heterocycles. The zero-order chi connectivity index (χ0) is 12.7. The Kier molecular flexibility index (Phi) is 2.50. The zero-order valence-electron chi connectivity index (χ0n) is 9.74. The van der Waals surface area contributed by atoms with Gasteiger partial charge in [0.05, 0.1) is 24.1 Å². The van der Waals surface area contributed by atoms with Crippen molar-refractivity contribution in [1.29, 1.82) is 0 Å². The van der Waals surface area contributed by atoms with Gasteiger partial charge in [-0.3, -0.25) is 9.59 Å². The number of carbonyl (C=O) groups is 2. The molecule has 2 aliphatic rings. The number of amides is 1. The van der Waals surface area contributed by atoms with E-state index >= 15 is 0 Å². The lowest BCUT2D eigenvalue weighted by molar-refractivity contribution is -0.142. The number of nitrogens with zero attached hydrogens (tertiary/aromatic N) is 3. The first-order valence-electron chi connectivity index (χ1n) is 5.96. The molecule has 6 nitrogen and oxygen atoms in total. The van der Waals surface area contributed by atoms with E-state index in [4.69, 9.17) is 5.11 Å². The van der Waals surface area contributed by atoms with Crippen molar-refractivity contribution in [3.05, 3.63) is 23.8 Å². The number of hydrogen-bond donors (Lipinski definition) is 1. The number of rotatable bonds is 2. The van der Waals surface area contributed by atoms with Crippen LogP contribution in [0.3, 0.4) is 0 Å². The molecule has 0 bridgehead atoms. The molecule has 1 aliphatic carbocycles. The summed E-state index contributed by atoms with van der Waals surface area (Å²) in [5.74, 6) is -1.73. The molecule has 1 aromatic heterocycles. The van der Waals surface area contributed by atoms with Gasteiger partial charge in [0.2, 0.25) is 5.91 Å². The summed E-state index contributed by atoms with van der Waals surface area (Å²) >= 11 is 0. The fourth-order valence-electron chi connectivity index (χ4n) is 2.41. The summed E-state index contributed by atoms with van der Waals surface area (Å²) in [6, 6.07) is 0. The van der Waals surface area contributed by atoms with Crippen LogP contribution in [0.4, 0.5) is 0 Å². The van der Waals surface area contributed by atoms with Gasteiger partial charge in [-0.15, -0.1) is 0 Å². The van der Waals surface area contributed by atoms with Crippen molar-refractivity contribution in [1.82, 2.24) is 14.9 Å². The highest BCUT2D eigenvalue weighted by Crippen LogP contribution is 2.40. The van der Waals surface area contributed by atoms with Crippen molar-refractivity contribution < 1.29 is 14.7 Å². The van der Waals surface area contributed by atoms with E-state index in [1.807, 2.05) is 0 Å². The van der Waals surface area contributed by atoms with Gasteiger partial charge in [-0.25, -0.2) is 9.97 Å². The number of carboxylic acids is 1. The largest absolute Gasteiger partial charge is 0.481 e. The van der Waals surface area contributed by atoms with Crippen LogP contribution in [0.15, 0.2) is 12.5 Å². The molecule has 18 heavy (non-hydrogen) atoms. The summed E-state index contributed by atoms with van der Waals surface area (Å²) in [5, 5.41) is 8.84. The molecular formula is C12H13N3O3. The molecule has 2 atom stereocenters. The number of aliphatic carboxylic acids is 1. The minimum Gasteiger partial charge on any atom is -0.481 e. The molecule has 6 heteroatoms. The van der Waals surface area contributed by atoms with E-state index < -0.39 is 11.9 Å². The second-order valence-corrected chi connectivity index (χ2v) is 4.79. The van der Waals surface area contributed by atoms with Crippen molar-refractivity contribution in [3.63, 3.8) is 0 Å². The molecule has 1 aromatic rings. The number of carbonyl (C=O) groups excluding carboxylic acids is 1. The first-order chi connectivity index (χ1) is 8.66. The Morgan fingerprint density at radius 3 is 2.94 bits per heavy atom. The lowest BCUT2D eigenvalue weighted by Gasteiger charge is -2.27. The average Bonchev–Trinajstić information content (AvgIpc) is 3.17. The van der Waals surface area contributed by atoms with E-state index in [1.54, 1.807) is 11.1 Å². The predicted molar refractivity (Wildman–Crippen MR) is 60.4 cm³/mol. The maximum Gasteiger partial charge on any atom is 0.307 e. The Morgan fingerprint density at radius 1 is 1.39 bits per heavy atom. The molecular weight excluding hydrogens is 234 g/mol. The molecule has 0 saturated heterocycles. The summed E-state index contributed by atoms with van der Waals surface area (Å²) in [6.07, 6.45) is 4.47. The standard InChI is InChI=1S/C12H13N3O3/c16-11(8-3-9(8)12(17)18)15-2-1-7-4-13-6-14-10(7)5-15/h4,6,8-9H,1-3,5H2,(H,17,18). The SMILES string of the molecule is O=C(O)C1CC1C(=O)N1CCc2cncnc2C1. The zero-order valence-corrected chi connectivity index (χ0v) is 9.74.